The molecular weight excluding hydrogens is 498 g/mol. The Morgan fingerprint density at radius 3 is 2.16 bits per heavy atom. The predicted molar refractivity (Wildman–Crippen MR) is 151 cm³/mol. The van der Waals surface area contributed by atoms with Crippen LogP contribution < -0.4 is 9.62 Å². The van der Waals surface area contributed by atoms with Crippen LogP contribution in [0.1, 0.15) is 42.5 Å². The van der Waals surface area contributed by atoms with Gasteiger partial charge in [0.2, 0.25) is 11.8 Å². The fourth-order valence-electron chi connectivity index (χ4n) is 4.10. The maximum absolute atomic E-state index is 13.9. The maximum Gasteiger partial charge on any atom is 0.264 e. The first-order valence-corrected chi connectivity index (χ1v) is 14.3. The van der Waals surface area contributed by atoms with Gasteiger partial charge in [-0.1, -0.05) is 67.1 Å². The highest BCUT2D eigenvalue weighted by atomic mass is 32.2. The molecule has 3 rings (SSSR count). The van der Waals surface area contributed by atoms with E-state index < -0.39 is 28.5 Å². The Balaban J connectivity index is 2.05. The van der Waals surface area contributed by atoms with Gasteiger partial charge in [0.1, 0.15) is 12.6 Å². The fraction of sp³-hybridized carbons (Fsp3) is 0.333. The normalized spacial score (nSPS) is 12.0. The molecule has 3 aromatic carbocycles. The van der Waals surface area contributed by atoms with E-state index in [1.165, 1.54) is 4.90 Å². The number of nitrogens with one attached hydrogen (secondary N) is 1. The number of amides is 2. The molecule has 0 aliphatic carbocycles. The van der Waals surface area contributed by atoms with Gasteiger partial charge >= 0.3 is 0 Å². The Kier molecular flexibility index (Phi) is 9.69. The molecule has 1 unspecified atom stereocenters. The van der Waals surface area contributed by atoms with E-state index in [2.05, 4.69) is 5.32 Å². The summed E-state index contributed by atoms with van der Waals surface area (Å²) in [6.45, 7) is 9.42. The van der Waals surface area contributed by atoms with E-state index in [1.807, 2.05) is 70.2 Å². The molecule has 1 atom stereocenters. The largest absolute Gasteiger partial charge is 0.354 e. The fourth-order valence-corrected chi connectivity index (χ4v) is 5.57. The molecule has 0 aliphatic rings. The van der Waals surface area contributed by atoms with Gasteiger partial charge in [0.05, 0.1) is 10.6 Å². The number of benzene rings is 3. The van der Waals surface area contributed by atoms with Crippen molar-refractivity contribution in [1.82, 2.24) is 10.2 Å². The summed E-state index contributed by atoms with van der Waals surface area (Å²) >= 11 is 0. The van der Waals surface area contributed by atoms with Gasteiger partial charge in [-0.2, -0.15) is 0 Å². The second-order valence-corrected chi connectivity index (χ2v) is 11.5. The lowest BCUT2D eigenvalue weighted by molar-refractivity contribution is -0.139. The second-order valence-electron chi connectivity index (χ2n) is 9.59. The summed E-state index contributed by atoms with van der Waals surface area (Å²) in [6.07, 6.45) is 0.764. The first-order chi connectivity index (χ1) is 18.0. The first kappa shape index (κ1) is 28.9. The van der Waals surface area contributed by atoms with Gasteiger partial charge in [0.15, 0.2) is 0 Å². The summed E-state index contributed by atoms with van der Waals surface area (Å²) in [4.78, 5) is 28.4. The number of hydrogen-bond acceptors (Lipinski definition) is 4. The van der Waals surface area contributed by atoms with E-state index in [0.29, 0.717) is 12.2 Å². The number of aryl methyl sites for hydroxylation is 3. The van der Waals surface area contributed by atoms with Crippen LogP contribution in [-0.4, -0.2) is 44.3 Å². The number of carbonyl (C=O) groups is 2. The molecule has 2 amide bonds. The predicted octanol–water partition coefficient (Wildman–Crippen LogP) is 4.75. The molecule has 0 saturated carbocycles. The molecule has 0 radical (unpaired) electrons. The Morgan fingerprint density at radius 2 is 1.53 bits per heavy atom. The highest BCUT2D eigenvalue weighted by Crippen LogP contribution is 2.28. The van der Waals surface area contributed by atoms with Crippen molar-refractivity contribution >= 4 is 27.5 Å². The number of hydrogen-bond donors (Lipinski definition) is 1. The number of nitrogens with zero attached hydrogens (tertiary/aromatic N) is 2. The highest BCUT2D eigenvalue weighted by molar-refractivity contribution is 7.92. The monoisotopic (exact) mass is 535 g/mol. The lowest BCUT2D eigenvalue weighted by Crippen LogP contribution is -2.51. The molecular formula is C30H37N3O4S. The van der Waals surface area contributed by atoms with Gasteiger partial charge in [-0.15, -0.1) is 0 Å². The molecule has 0 bridgehead atoms. The summed E-state index contributed by atoms with van der Waals surface area (Å²) in [5, 5.41) is 2.85. The molecule has 0 aliphatic heterocycles. The molecule has 38 heavy (non-hydrogen) atoms. The van der Waals surface area contributed by atoms with Gasteiger partial charge in [0, 0.05) is 13.1 Å². The van der Waals surface area contributed by atoms with Crippen molar-refractivity contribution in [3.8, 4) is 0 Å². The van der Waals surface area contributed by atoms with Crippen LogP contribution in [-0.2, 0) is 26.2 Å². The van der Waals surface area contributed by atoms with Crippen molar-refractivity contribution in [1.29, 1.82) is 0 Å². The van der Waals surface area contributed by atoms with Crippen molar-refractivity contribution < 1.29 is 18.0 Å². The van der Waals surface area contributed by atoms with Crippen LogP contribution in [0.4, 0.5) is 5.69 Å². The van der Waals surface area contributed by atoms with Crippen LogP contribution in [0, 0.1) is 20.8 Å². The minimum absolute atomic E-state index is 0.0974. The van der Waals surface area contributed by atoms with Gasteiger partial charge in [-0.3, -0.25) is 13.9 Å². The molecule has 8 heteroatoms. The third-order valence-corrected chi connectivity index (χ3v) is 8.21. The van der Waals surface area contributed by atoms with Crippen molar-refractivity contribution in [3.05, 3.63) is 95.1 Å². The quantitative estimate of drug-likeness (QED) is 0.384. The van der Waals surface area contributed by atoms with E-state index in [0.717, 1.165) is 33.0 Å². The summed E-state index contributed by atoms with van der Waals surface area (Å²) in [7, 11) is -4.09. The maximum atomic E-state index is 13.9. The van der Waals surface area contributed by atoms with Crippen LogP contribution in [0.5, 0.6) is 0 Å². The molecule has 0 aromatic heterocycles. The van der Waals surface area contributed by atoms with Crippen molar-refractivity contribution in [2.24, 2.45) is 0 Å². The number of rotatable bonds is 11. The molecule has 0 saturated heterocycles. The summed E-state index contributed by atoms with van der Waals surface area (Å²) < 4.78 is 29.1. The number of carbonyl (C=O) groups excluding carboxylic acids is 2. The average molecular weight is 536 g/mol. The lowest BCUT2D eigenvalue weighted by Gasteiger charge is -2.32. The topological polar surface area (TPSA) is 86.8 Å². The summed E-state index contributed by atoms with van der Waals surface area (Å²) in [5.41, 5.74) is 3.80. The van der Waals surface area contributed by atoms with Crippen LogP contribution >= 0.6 is 0 Å². The molecule has 0 fully saturated rings. The van der Waals surface area contributed by atoms with Crippen LogP contribution in [0.3, 0.4) is 0 Å². The molecule has 202 valence electrons. The third-order valence-electron chi connectivity index (χ3n) is 6.43. The average Bonchev–Trinajstić information content (AvgIpc) is 2.90. The third kappa shape index (κ3) is 7.01. The van der Waals surface area contributed by atoms with E-state index in [9.17, 15) is 18.0 Å². The van der Waals surface area contributed by atoms with Crippen molar-refractivity contribution in [2.75, 3.05) is 17.4 Å². The standard InChI is InChI=1S/C30H37N3O4S/c1-6-18-31-30(35)25(5)32(20-26-10-8-7-9-11-26)29(34)21-33(28-19-23(3)12-15-24(28)4)38(36,37)27-16-13-22(2)14-17-27/h7-17,19,25H,6,18,20-21H2,1-5H3,(H,31,35). The minimum atomic E-state index is -4.09. The zero-order chi connectivity index (χ0) is 27.9. The van der Waals surface area contributed by atoms with Crippen LogP contribution in [0.25, 0.3) is 0 Å². The van der Waals surface area contributed by atoms with E-state index in [1.54, 1.807) is 37.3 Å². The smallest absolute Gasteiger partial charge is 0.264 e. The van der Waals surface area contributed by atoms with Gasteiger partial charge in [0.25, 0.3) is 10.0 Å². The Hall–Kier alpha value is -3.65. The number of anilines is 1. The Morgan fingerprint density at radius 1 is 0.895 bits per heavy atom. The Labute approximate surface area is 226 Å². The Bertz CT molecular complexity index is 1360. The zero-order valence-corrected chi connectivity index (χ0v) is 23.6. The van der Waals surface area contributed by atoms with Crippen molar-refractivity contribution in [3.63, 3.8) is 0 Å². The van der Waals surface area contributed by atoms with E-state index in [4.69, 9.17) is 0 Å². The summed E-state index contributed by atoms with van der Waals surface area (Å²) in [6, 6.07) is 20.7. The molecule has 3 aromatic rings. The molecule has 0 heterocycles. The van der Waals surface area contributed by atoms with Gasteiger partial charge in [-0.05, 0) is 69.0 Å². The minimum Gasteiger partial charge on any atom is -0.354 e. The van der Waals surface area contributed by atoms with Crippen molar-refractivity contribution in [2.45, 2.75) is 58.5 Å². The number of sulfonamides is 1. The zero-order valence-electron chi connectivity index (χ0n) is 22.8. The van der Waals surface area contributed by atoms with Crippen LogP contribution in [0.2, 0.25) is 0 Å². The van der Waals surface area contributed by atoms with Crippen LogP contribution in [0.15, 0.2) is 77.7 Å². The SMILES string of the molecule is CCCNC(=O)C(C)N(Cc1ccccc1)C(=O)CN(c1cc(C)ccc1C)S(=O)(=O)c1ccc(C)cc1. The lowest BCUT2D eigenvalue weighted by atomic mass is 10.1. The molecule has 0 spiro atoms. The summed E-state index contributed by atoms with van der Waals surface area (Å²) in [5.74, 6) is -0.750. The highest BCUT2D eigenvalue weighted by Gasteiger charge is 2.33. The van der Waals surface area contributed by atoms with Gasteiger partial charge < -0.3 is 10.2 Å². The first-order valence-electron chi connectivity index (χ1n) is 12.8. The second kappa shape index (κ2) is 12.7. The molecule has 7 nitrogen and oxygen atoms in total. The van der Waals surface area contributed by atoms with Gasteiger partial charge in [-0.25, -0.2) is 8.42 Å². The van der Waals surface area contributed by atoms with E-state index in [-0.39, 0.29) is 17.3 Å². The van der Waals surface area contributed by atoms with E-state index >= 15 is 0 Å². The molecule has 1 N–H and O–H groups in total.